The van der Waals surface area contributed by atoms with Crippen LogP contribution in [-0.2, 0) is 6.42 Å². The molecule has 1 unspecified atom stereocenters. The van der Waals surface area contributed by atoms with Gasteiger partial charge in [-0.2, -0.15) is 4.98 Å². The molecule has 0 spiro atoms. The van der Waals surface area contributed by atoms with Crippen molar-refractivity contribution in [3.05, 3.63) is 56.5 Å². The Labute approximate surface area is 134 Å². The van der Waals surface area contributed by atoms with Crippen LogP contribution in [0, 0.1) is 0 Å². The minimum Gasteiger partial charge on any atom is -0.337 e. The number of hydrogen-bond acceptors (Lipinski definition) is 5. The number of benzene rings is 1. The van der Waals surface area contributed by atoms with Crippen molar-refractivity contribution in [3.63, 3.8) is 0 Å². The second kappa shape index (κ2) is 5.36. The number of halogens is 1. The molecule has 2 aromatic heterocycles. The number of nitrogens with one attached hydrogen (secondary N) is 1. The van der Waals surface area contributed by atoms with Crippen LogP contribution in [-0.4, -0.2) is 16.7 Å². The first-order valence-corrected chi connectivity index (χ1v) is 8.38. The highest BCUT2D eigenvalue weighted by Crippen LogP contribution is 2.32. The van der Waals surface area contributed by atoms with Crippen molar-refractivity contribution in [2.24, 2.45) is 0 Å². The van der Waals surface area contributed by atoms with Crippen molar-refractivity contribution in [2.45, 2.75) is 12.5 Å². The van der Waals surface area contributed by atoms with Crippen LogP contribution in [0.2, 0.25) is 0 Å². The van der Waals surface area contributed by atoms with E-state index in [-0.39, 0.29) is 6.04 Å². The fourth-order valence-electron chi connectivity index (χ4n) is 2.57. The normalized spacial score (nSPS) is 17.7. The molecule has 1 aliphatic heterocycles. The second-order valence-corrected chi connectivity index (χ2v) is 6.82. The molecule has 1 aliphatic rings. The van der Waals surface area contributed by atoms with Crippen molar-refractivity contribution in [3.8, 4) is 11.4 Å². The summed E-state index contributed by atoms with van der Waals surface area (Å²) in [4.78, 5) is 5.97. The number of nitrogens with zero attached hydrogens (tertiary/aromatic N) is 2. The zero-order valence-corrected chi connectivity index (χ0v) is 13.4. The van der Waals surface area contributed by atoms with Crippen LogP contribution < -0.4 is 5.32 Å². The average Bonchev–Trinajstić information content (AvgIpc) is 3.16. The van der Waals surface area contributed by atoms with Gasteiger partial charge < -0.3 is 9.84 Å². The van der Waals surface area contributed by atoms with E-state index in [4.69, 9.17) is 4.52 Å². The van der Waals surface area contributed by atoms with E-state index in [1.54, 1.807) is 11.3 Å². The van der Waals surface area contributed by atoms with Gasteiger partial charge in [0.05, 0.1) is 0 Å². The molecule has 0 saturated heterocycles. The molecule has 3 aromatic rings. The fourth-order valence-corrected chi connectivity index (χ4v) is 3.89. The first-order valence-electron chi connectivity index (χ1n) is 6.70. The fraction of sp³-hybridized carbons (Fsp3) is 0.200. The van der Waals surface area contributed by atoms with Crippen molar-refractivity contribution < 1.29 is 4.52 Å². The SMILES string of the molecule is Brc1cccc(-c2noc(C3NCCc4sccc43)n2)c1. The topological polar surface area (TPSA) is 51.0 Å². The van der Waals surface area contributed by atoms with Gasteiger partial charge >= 0.3 is 0 Å². The van der Waals surface area contributed by atoms with Gasteiger partial charge in [-0.15, -0.1) is 11.3 Å². The first-order chi connectivity index (χ1) is 10.3. The van der Waals surface area contributed by atoms with Crippen LogP contribution in [0.25, 0.3) is 11.4 Å². The average molecular weight is 362 g/mol. The second-order valence-electron chi connectivity index (χ2n) is 4.90. The summed E-state index contributed by atoms with van der Waals surface area (Å²) in [5, 5.41) is 9.69. The molecule has 0 radical (unpaired) electrons. The van der Waals surface area contributed by atoms with Crippen LogP contribution in [0.1, 0.15) is 22.4 Å². The van der Waals surface area contributed by atoms with Crippen LogP contribution >= 0.6 is 27.3 Å². The van der Waals surface area contributed by atoms with Gasteiger partial charge in [-0.05, 0) is 35.6 Å². The van der Waals surface area contributed by atoms with Crippen LogP contribution in [0.3, 0.4) is 0 Å². The van der Waals surface area contributed by atoms with Crippen LogP contribution in [0.4, 0.5) is 0 Å². The first kappa shape index (κ1) is 13.2. The van der Waals surface area contributed by atoms with Gasteiger partial charge in [0.1, 0.15) is 6.04 Å². The molecule has 0 saturated carbocycles. The molecule has 1 N–H and O–H groups in total. The number of rotatable bonds is 2. The van der Waals surface area contributed by atoms with E-state index in [0.29, 0.717) is 11.7 Å². The summed E-state index contributed by atoms with van der Waals surface area (Å²) in [6.45, 7) is 0.937. The molecule has 4 rings (SSSR count). The Morgan fingerprint density at radius 3 is 3.19 bits per heavy atom. The third-order valence-electron chi connectivity index (χ3n) is 3.56. The van der Waals surface area contributed by atoms with Crippen molar-refractivity contribution in [2.75, 3.05) is 6.54 Å². The Morgan fingerprint density at radius 2 is 2.29 bits per heavy atom. The number of fused-ring (bicyclic) bond motifs is 1. The standard InChI is InChI=1S/C15H12BrN3OS/c16-10-3-1-2-9(8-10)14-18-15(20-19-14)13-11-5-7-21-12(11)4-6-17-13/h1-3,5,7-8,13,17H,4,6H2. The van der Waals surface area contributed by atoms with Gasteiger partial charge in [0.2, 0.25) is 11.7 Å². The quantitative estimate of drug-likeness (QED) is 0.754. The molecule has 0 amide bonds. The van der Waals surface area contributed by atoms with E-state index in [9.17, 15) is 0 Å². The third kappa shape index (κ3) is 2.43. The number of thiophene rings is 1. The molecule has 1 atom stereocenters. The number of hydrogen-bond donors (Lipinski definition) is 1. The van der Waals surface area contributed by atoms with E-state index >= 15 is 0 Å². The predicted molar refractivity (Wildman–Crippen MR) is 85.3 cm³/mol. The minimum atomic E-state index is 0.00778. The largest absolute Gasteiger partial charge is 0.337 e. The lowest BCUT2D eigenvalue weighted by atomic mass is 10.0. The zero-order valence-electron chi connectivity index (χ0n) is 11.0. The Balaban J connectivity index is 1.70. The van der Waals surface area contributed by atoms with Crippen LogP contribution in [0.15, 0.2) is 44.7 Å². The van der Waals surface area contributed by atoms with E-state index in [0.717, 1.165) is 23.0 Å². The third-order valence-corrected chi connectivity index (χ3v) is 5.05. The molecule has 6 heteroatoms. The van der Waals surface area contributed by atoms with E-state index in [1.807, 2.05) is 24.3 Å². The maximum absolute atomic E-state index is 5.49. The summed E-state index contributed by atoms with van der Waals surface area (Å²) in [6.07, 6.45) is 1.07. The summed E-state index contributed by atoms with van der Waals surface area (Å²) in [5.41, 5.74) is 2.21. The molecule has 4 nitrogen and oxygen atoms in total. The molecule has 21 heavy (non-hydrogen) atoms. The molecule has 0 aliphatic carbocycles. The highest BCUT2D eigenvalue weighted by atomic mass is 79.9. The molecule has 106 valence electrons. The highest BCUT2D eigenvalue weighted by Gasteiger charge is 2.27. The van der Waals surface area contributed by atoms with Gasteiger partial charge in [-0.25, -0.2) is 0 Å². The monoisotopic (exact) mass is 361 g/mol. The minimum absolute atomic E-state index is 0.00778. The lowest BCUT2D eigenvalue weighted by Crippen LogP contribution is -2.29. The van der Waals surface area contributed by atoms with E-state index < -0.39 is 0 Å². The Bertz CT molecular complexity index is 783. The summed E-state index contributed by atoms with van der Waals surface area (Å²) in [7, 11) is 0. The molecule has 0 bridgehead atoms. The van der Waals surface area contributed by atoms with Gasteiger partial charge in [0.25, 0.3) is 0 Å². The summed E-state index contributed by atoms with van der Waals surface area (Å²) >= 11 is 5.25. The maximum Gasteiger partial charge on any atom is 0.248 e. The molecule has 1 aromatic carbocycles. The molecular weight excluding hydrogens is 350 g/mol. The summed E-state index contributed by atoms with van der Waals surface area (Å²) in [5.74, 6) is 1.25. The molecule has 0 fully saturated rings. The van der Waals surface area contributed by atoms with E-state index in [1.165, 1.54) is 10.4 Å². The van der Waals surface area contributed by atoms with Crippen molar-refractivity contribution in [1.82, 2.24) is 15.5 Å². The lowest BCUT2D eigenvalue weighted by molar-refractivity contribution is 0.344. The molecule has 3 heterocycles. The molecular formula is C15H12BrN3OS. The van der Waals surface area contributed by atoms with E-state index in [2.05, 4.69) is 42.8 Å². The lowest BCUT2D eigenvalue weighted by Gasteiger charge is -2.20. The zero-order chi connectivity index (χ0) is 14.2. The number of aromatic nitrogens is 2. The predicted octanol–water partition coefficient (Wildman–Crippen LogP) is 3.80. The maximum atomic E-state index is 5.49. The van der Waals surface area contributed by atoms with Gasteiger partial charge in [0, 0.05) is 21.5 Å². The Kier molecular flexibility index (Phi) is 3.37. The van der Waals surface area contributed by atoms with Gasteiger partial charge in [0.15, 0.2) is 0 Å². The highest BCUT2D eigenvalue weighted by molar-refractivity contribution is 9.10. The van der Waals surface area contributed by atoms with Crippen molar-refractivity contribution in [1.29, 1.82) is 0 Å². The van der Waals surface area contributed by atoms with Gasteiger partial charge in [-0.1, -0.05) is 33.2 Å². The smallest absolute Gasteiger partial charge is 0.248 e. The van der Waals surface area contributed by atoms with Gasteiger partial charge in [-0.3, -0.25) is 0 Å². The van der Waals surface area contributed by atoms with Crippen LogP contribution in [0.5, 0.6) is 0 Å². The Morgan fingerprint density at radius 1 is 1.33 bits per heavy atom. The summed E-state index contributed by atoms with van der Waals surface area (Å²) < 4.78 is 6.49. The summed E-state index contributed by atoms with van der Waals surface area (Å²) in [6, 6.07) is 10.0. The van der Waals surface area contributed by atoms with Crippen molar-refractivity contribution >= 4 is 27.3 Å². The Hall–Kier alpha value is -1.50.